The second kappa shape index (κ2) is 11.8. The molecular weight excluding hydrogens is 486 g/mol. The van der Waals surface area contributed by atoms with E-state index in [9.17, 15) is 8.42 Å². The Kier molecular flexibility index (Phi) is 9.07. The van der Waals surface area contributed by atoms with Crippen molar-refractivity contribution in [2.75, 3.05) is 33.3 Å². The zero-order valence-corrected chi connectivity index (χ0v) is 22.1. The molecule has 2 aromatic rings. The molecule has 0 aliphatic carbocycles. The number of aliphatic imine (C=N–C) groups is 1. The Balaban J connectivity index is 2.12. The van der Waals surface area contributed by atoms with Gasteiger partial charge in [-0.1, -0.05) is 80.1 Å². The van der Waals surface area contributed by atoms with E-state index < -0.39 is 15.8 Å². The minimum absolute atomic E-state index is 0.107. The topological polar surface area (TPSA) is 86.6 Å². The van der Waals surface area contributed by atoms with Gasteiger partial charge in [-0.25, -0.2) is 9.73 Å². The highest BCUT2D eigenvalue weighted by Gasteiger charge is 2.47. The fraction of sp³-hybridized carbons (Fsp3) is 0.360. The molecule has 2 aromatic carbocycles. The number of hydrogen-bond donors (Lipinski definition) is 1. The van der Waals surface area contributed by atoms with Gasteiger partial charge in [0.2, 0.25) is 5.96 Å². The average molecular weight is 518 g/mol. The number of nitrogens with zero attached hydrogens (tertiary/aromatic N) is 4. The maximum absolute atomic E-state index is 13.0. The number of allylic oxidation sites excluding steroid dienone is 1. The largest absolute Gasteiger partial charge is 0.358 e. The first kappa shape index (κ1) is 26.9. The third kappa shape index (κ3) is 5.92. The Morgan fingerprint density at radius 1 is 1.20 bits per heavy atom. The summed E-state index contributed by atoms with van der Waals surface area (Å²) >= 11 is 6.15. The lowest BCUT2D eigenvalue weighted by Crippen LogP contribution is -2.50. The molecule has 188 valence electrons. The monoisotopic (exact) mass is 517 g/mol. The zero-order chi connectivity index (χ0) is 25.5. The van der Waals surface area contributed by atoms with Crippen LogP contribution in [0.4, 0.5) is 0 Å². The number of guanidine groups is 1. The maximum atomic E-state index is 13.0. The van der Waals surface area contributed by atoms with Crippen molar-refractivity contribution < 1.29 is 13.2 Å². The van der Waals surface area contributed by atoms with Crippen LogP contribution in [0.3, 0.4) is 0 Å². The molecule has 0 amide bonds. The quantitative estimate of drug-likeness (QED) is 0.309. The predicted octanol–water partition coefficient (Wildman–Crippen LogP) is 4.01. The summed E-state index contributed by atoms with van der Waals surface area (Å²) in [6, 6.07) is 17.1. The standard InChI is InChI=1S/C25H32ClN5O3S/c1-5-8-18-34-25(21-12-10-9-11-13-21)19-31(28-23(25)20-14-16-22(26)17-15-20)24(27-4)29-35(32,33)30(6-2)7-3/h5,8-17H,6-7,18-19H2,1-4H3,(H,27,29)/b8-5+. The van der Waals surface area contributed by atoms with E-state index >= 15 is 0 Å². The molecule has 1 unspecified atom stereocenters. The number of ether oxygens (including phenoxy) is 1. The van der Waals surface area contributed by atoms with Crippen LogP contribution in [0.2, 0.25) is 5.02 Å². The molecule has 1 atom stereocenters. The van der Waals surface area contributed by atoms with Crippen LogP contribution in [0.15, 0.2) is 76.8 Å². The predicted molar refractivity (Wildman–Crippen MR) is 142 cm³/mol. The van der Waals surface area contributed by atoms with E-state index in [-0.39, 0.29) is 12.5 Å². The molecule has 8 nitrogen and oxygen atoms in total. The van der Waals surface area contributed by atoms with Crippen molar-refractivity contribution in [3.8, 4) is 0 Å². The van der Waals surface area contributed by atoms with Crippen LogP contribution in [0, 0.1) is 0 Å². The molecule has 1 aliphatic rings. The minimum atomic E-state index is -3.81. The first-order valence-corrected chi connectivity index (χ1v) is 13.3. The summed E-state index contributed by atoms with van der Waals surface area (Å²) in [5.74, 6) is 0.107. The second-order valence-corrected chi connectivity index (χ2v) is 9.93. The van der Waals surface area contributed by atoms with Crippen LogP contribution < -0.4 is 4.72 Å². The second-order valence-electron chi connectivity index (χ2n) is 7.82. The number of nitrogens with one attached hydrogen (secondary N) is 1. The Labute approximate surface area is 213 Å². The van der Waals surface area contributed by atoms with Gasteiger partial charge in [-0.05, 0) is 24.6 Å². The first-order chi connectivity index (χ1) is 16.8. The van der Waals surface area contributed by atoms with E-state index in [2.05, 4.69) is 9.71 Å². The fourth-order valence-electron chi connectivity index (χ4n) is 3.92. The summed E-state index contributed by atoms with van der Waals surface area (Å²) in [7, 11) is -2.28. The summed E-state index contributed by atoms with van der Waals surface area (Å²) in [5.41, 5.74) is 1.35. The summed E-state index contributed by atoms with van der Waals surface area (Å²) in [6.45, 7) is 6.74. The zero-order valence-electron chi connectivity index (χ0n) is 20.5. The van der Waals surface area contributed by atoms with Crippen LogP contribution in [-0.2, 0) is 20.5 Å². The number of hydrazone groups is 1. The average Bonchev–Trinajstić information content (AvgIpc) is 3.25. The number of hydrogen-bond acceptors (Lipinski definition) is 5. The van der Waals surface area contributed by atoms with E-state index in [4.69, 9.17) is 21.4 Å². The highest BCUT2D eigenvalue weighted by molar-refractivity contribution is 7.87. The molecule has 0 radical (unpaired) electrons. The molecule has 3 rings (SSSR count). The van der Waals surface area contributed by atoms with Crippen molar-refractivity contribution in [3.63, 3.8) is 0 Å². The van der Waals surface area contributed by atoms with Gasteiger partial charge in [-0.3, -0.25) is 4.99 Å². The SMILES string of the molecule is C/C=C/COC1(c2ccccc2)CN(C(=NC)NS(=O)(=O)N(CC)CC)N=C1c1ccc(Cl)cc1. The lowest BCUT2D eigenvalue weighted by Gasteiger charge is -2.32. The van der Waals surface area contributed by atoms with Crippen molar-refractivity contribution in [1.82, 2.24) is 14.0 Å². The van der Waals surface area contributed by atoms with E-state index in [1.165, 1.54) is 11.4 Å². The van der Waals surface area contributed by atoms with Crippen LogP contribution in [0.5, 0.6) is 0 Å². The van der Waals surface area contributed by atoms with Crippen molar-refractivity contribution in [2.45, 2.75) is 26.4 Å². The van der Waals surface area contributed by atoms with Gasteiger partial charge in [0.05, 0.1) is 13.2 Å². The van der Waals surface area contributed by atoms with E-state index in [1.54, 1.807) is 31.0 Å². The van der Waals surface area contributed by atoms with Crippen molar-refractivity contribution in [1.29, 1.82) is 0 Å². The van der Waals surface area contributed by atoms with Gasteiger partial charge in [0.25, 0.3) is 0 Å². The molecule has 0 saturated heterocycles. The molecule has 0 fully saturated rings. The van der Waals surface area contributed by atoms with Gasteiger partial charge in [-0.2, -0.15) is 17.8 Å². The normalized spacial score (nSPS) is 19.0. The smallest absolute Gasteiger partial charge is 0.303 e. The van der Waals surface area contributed by atoms with Gasteiger partial charge in [-0.15, -0.1) is 0 Å². The van der Waals surface area contributed by atoms with E-state index in [1.807, 2.05) is 61.5 Å². The Hall–Kier alpha value is -2.72. The Morgan fingerprint density at radius 2 is 1.86 bits per heavy atom. The molecule has 10 heteroatoms. The summed E-state index contributed by atoms with van der Waals surface area (Å²) in [4.78, 5) is 4.23. The minimum Gasteiger partial charge on any atom is -0.358 e. The molecule has 1 aliphatic heterocycles. The van der Waals surface area contributed by atoms with E-state index in [0.717, 1.165) is 11.1 Å². The molecular formula is C25H32ClN5O3S. The maximum Gasteiger partial charge on any atom is 0.303 e. The van der Waals surface area contributed by atoms with Crippen molar-refractivity contribution >= 4 is 33.5 Å². The Morgan fingerprint density at radius 3 is 2.43 bits per heavy atom. The molecule has 1 heterocycles. The number of halogens is 1. The molecule has 0 bridgehead atoms. The van der Waals surface area contributed by atoms with Crippen LogP contribution in [0.1, 0.15) is 31.9 Å². The highest BCUT2D eigenvalue weighted by Crippen LogP contribution is 2.37. The lowest BCUT2D eigenvalue weighted by molar-refractivity contribution is 0.0196. The third-order valence-electron chi connectivity index (χ3n) is 5.72. The highest BCUT2D eigenvalue weighted by atomic mass is 35.5. The van der Waals surface area contributed by atoms with E-state index in [0.29, 0.717) is 30.4 Å². The van der Waals surface area contributed by atoms with Crippen LogP contribution in [-0.4, -0.2) is 62.7 Å². The molecule has 0 saturated carbocycles. The van der Waals surface area contributed by atoms with Crippen molar-refractivity contribution in [2.24, 2.45) is 10.1 Å². The van der Waals surface area contributed by atoms with Crippen LogP contribution >= 0.6 is 11.6 Å². The summed E-state index contributed by atoms with van der Waals surface area (Å²) in [5, 5.41) is 7.00. The fourth-order valence-corrected chi connectivity index (χ4v) is 5.28. The molecule has 1 N–H and O–H groups in total. The van der Waals surface area contributed by atoms with Gasteiger partial charge in [0.1, 0.15) is 5.71 Å². The van der Waals surface area contributed by atoms with Crippen LogP contribution in [0.25, 0.3) is 0 Å². The summed E-state index contributed by atoms with van der Waals surface area (Å²) in [6.07, 6.45) is 3.84. The summed E-state index contributed by atoms with van der Waals surface area (Å²) < 4.78 is 36.4. The van der Waals surface area contributed by atoms with Gasteiger partial charge in [0.15, 0.2) is 5.60 Å². The van der Waals surface area contributed by atoms with Gasteiger partial charge in [0, 0.05) is 30.7 Å². The first-order valence-electron chi connectivity index (χ1n) is 11.5. The Bertz CT molecular complexity index is 1180. The van der Waals surface area contributed by atoms with Crippen molar-refractivity contribution in [3.05, 3.63) is 82.9 Å². The number of rotatable bonds is 9. The molecule has 0 aromatic heterocycles. The van der Waals surface area contributed by atoms with Gasteiger partial charge < -0.3 is 4.74 Å². The number of benzene rings is 2. The lowest BCUT2D eigenvalue weighted by atomic mass is 9.85. The third-order valence-corrected chi connectivity index (χ3v) is 7.61. The molecule has 0 spiro atoms. The van der Waals surface area contributed by atoms with Gasteiger partial charge >= 0.3 is 10.2 Å². The molecule has 35 heavy (non-hydrogen) atoms.